The highest BCUT2D eigenvalue weighted by molar-refractivity contribution is 5.96. The molecule has 122 valence electrons. The minimum atomic E-state index is -0.659. The van der Waals surface area contributed by atoms with Crippen molar-refractivity contribution in [2.24, 2.45) is 11.7 Å². The van der Waals surface area contributed by atoms with Crippen LogP contribution < -0.4 is 27.3 Å². The molecule has 0 aliphatic carbocycles. The van der Waals surface area contributed by atoms with Crippen molar-refractivity contribution in [2.45, 2.75) is 0 Å². The molecule has 0 radical (unpaired) electrons. The van der Waals surface area contributed by atoms with Crippen LogP contribution in [-0.2, 0) is 9.47 Å². The van der Waals surface area contributed by atoms with E-state index < -0.39 is 11.8 Å². The molecular formula is C12H19N5O5. The zero-order valence-electron chi connectivity index (χ0n) is 12.1. The third kappa shape index (κ3) is 5.61. The third-order valence-corrected chi connectivity index (χ3v) is 2.45. The number of aromatic nitrogens is 1. The second kappa shape index (κ2) is 9.63. The molecule has 0 aliphatic heterocycles. The molecule has 1 aromatic heterocycles. The summed E-state index contributed by atoms with van der Waals surface area (Å²) < 4.78 is 15.5. The predicted molar refractivity (Wildman–Crippen MR) is 75.7 cm³/mol. The van der Waals surface area contributed by atoms with Crippen LogP contribution in [-0.4, -0.2) is 50.3 Å². The van der Waals surface area contributed by atoms with E-state index in [4.69, 9.17) is 25.9 Å². The standard InChI is InChI=1S/C12H19N5O5/c1-20-2-3-21-4-5-22-8-6-9(11(18)16-13)15-10(7-8)12(19)17-14/h6-7H,2-5,13-14H2,1H3,(H,16,18)(H,17,19). The first-order chi connectivity index (χ1) is 10.6. The Morgan fingerprint density at radius 1 is 1.05 bits per heavy atom. The fraction of sp³-hybridized carbons (Fsp3) is 0.417. The van der Waals surface area contributed by atoms with Crippen molar-refractivity contribution in [2.75, 3.05) is 33.5 Å². The molecular weight excluding hydrogens is 294 g/mol. The van der Waals surface area contributed by atoms with E-state index in [1.165, 1.54) is 12.1 Å². The molecule has 0 saturated carbocycles. The van der Waals surface area contributed by atoms with Crippen LogP contribution in [0.25, 0.3) is 0 Å². The van der Waals surface area contributed by atoms with Crippen molar-refractivity contribution in [3.8, 4) is 5.75 Å². The Hall–Kier alpha value is -2.27. The van der Waals surface area contributed by atoms with E-state index >= 15 is 0 Å². The molecule has 0 aliphatic rings. The first kappa shape index (κ1) is 17.8. The largest absolute Gasteiger partial charge is 0.491 e. The van der Waals surface area contributed by atoms with Crippen molar-refractivity contribution in [1.29, 1.82) is 0 Å². The Balaban J connectivity index is 2.71. The first-order valence-electron chi connectivity index (χ1n) is 6.35. The van der Waals surface area contributed by atoms with Gasteiger partial charge in [0.25, 0.3) is 11.8 Å². The summed E-state index contributed by atoms with van der Waals surface area (Å²) >= 11 is 0. The van der Waals surface area contributed by atoms with Crippen molar-refractivity contribution < 1.29 is 23.8 Å². The molecule has 1 rings (SSSR count). The second-order valence-corrected chi connectivity index (χ2v) is 3.97. The molecule has 0 aromatic carbocycles. The quantitative estimate of drug-likeness (QED) is 0.183. The maximum Gasteiger partial charge on any atom is 0.283 e. The van der Waals surface area contributed by atoms with E-state index in [-0.39, 0.29) is 23.7 Å². The minimum Gasteiger partial charge on any atom is -0.491 e. The normalized spacial score (nSPS) is 10.1. The van der Waals surface area contributed by atoms with Crippen LogP contribution in [0.15, 0.2) is 12.1 Å². The number of hydrazine groups is 2. The number of amides is 2. The number of hydrogen-bond acceptors (Lipinski definition) is 8. The van der Waals surface area contributed by atoms with Gasteiger partial charge >= 0.3 is 0 Å². The highest BCUT2D eigenvalue weighted by atomic mass is 16.5. The number of nitrogen functional groups attached to an aromatic ring is 2. The number of nitrogens with zero attached hydrogens (tertiary/aromatic N) is 1. The molecule has 0 unspecified atom stereocenters. The number of nitrogens with two attached hydrogens (primary N) is 2. The maximum atomic E-state index is 11.5. The third-order valence-electron chi connectivity index (χ3n) is 2.45. The fourth-order valence-electron chi connectivity index (χ4n) is 1.43. The molecule has 0 atom stereocenters. The van der Waals surface area contributed by atoms with Gasteiger partial charge in [-0.2, -0.15) is 0 Å². The number of pyridine rings is 1. The topological polar surface area (TPSA) is 151 Å². The van der Waals surface area contributed by atoms with Gasteiger partial charge in [-0.1, -0.05) is 0 Å². The summed E-state index contributed by atoms with van der Waals surface area (Å²) in [6, 6.07) is 2.70. The monoisotopic (exact) mass is 313 g/mol. The smallest absolute Gasteiger partial charge is 0.283 e. The lowest BCUT2D eigenvalue weighted by Gasteiger charge is -2.10. The zero-order valence-corrected chi connectivity index (χ0v) is 12.1. The molecule has 1 heterocycles. The van der Waals surface area contributed by atoms with Crippen LogP contribution >= 0.6 is 0 Å². The Morgan fingerprint density at radius 2 is 1.59 bits per heavy atom. The number of nitrogens with one attached hydrogen (secondary N) is 2. The van der Waals surface area contributed by atoms with E-state index in [2.05, 4.69) is 4.98 Å². The van der Waals surface area contributed by atoms with Gasteiger partial charge in [0.2, 0.25) is 0 Å². The summed E-state index contributed by atoms with van der Waals surface area (Å²) in [5, 5.41) is 0. The van der Waals surface area contributed by atoms with Crippen LogP contribution in [0.3, 0.4) is 0 Å². The Morgan fingerprint density at radius 3 is 2.09 bits per heavy atom. The number of rotatable bonds is 9. The number of hydrogen-bond donors (Lipinski definition) is 4. The SMILES string of the molecule is COCCOCCOc1cc(C(=O)NN)nc(C(=O)NN)c1. The molecule has 0 saturated heterocycles. The predicted octanol–water partition coefficient (Wildman–Crippen LogP) is -1.67. The van der Waals surface area contributed by atoms with Gasteiger partial charge < -0.3 is 14.2 Å². The van der Waals surface area contributed by atoms with Gasteiger partial charge in [-0.3, -0.25) is 20.4 Å². The summed E-state index contributed by atoms with van der Waals surface area (Å²) in [5.74, 6) is 9.03. The lowest BCUT2D eigenvalue weighted by molar-refractivity contribution is 0.0543. The number of methoxy groups -OCH3 is 1. The number of carbonyl (C=O) groups excluding carboxylic acids is 2. The molecule has 0 bridgehead atoms. The number of ether oxygens (including phenoxy) is 3. The van der Waals surface area contributed by atoms with Crippen molar-refractivity contribution in [1.82, 2.24) is 15.8 Å². The van der Waals surface area contributed by atoms with E-state index in [1.54, 1.807) is 7.11 Å². The van der Waals surface area contributed by atoms with Crippen molar-refractivity contribution >= 4 is 11.8 Å². The molecule has 1 aromatic rings. The van der Waals surface area contributed by atoms with Gasteiger partial charge in [-0.25, -0.2) is 16.7 Å². The highest BCUT2D eigenvalue weighted by Crippen LogP contribution is 2.14. The molecule has 6 N–H and O–H groups in total. The second-order valence-electron chi connectivity index (χ2n) is 3.97. The number of carbonyl (C=O) groups is 2. The Kier molecular flexibility index (Phi) is 7.78. The van der Waals surface area contributed by atoms with Gasteiger partial charge in [-0.05, 0) is 0 Å². The molecule has 2 amide bonds. The van der Waals surface area contributed by atoms with Gasteiger partial charge in [0.05, 0.1) is 19.8 Å². The van der Waals surface area contributed by atoms with Crippen LogP contribution in [0, 0.1) is 0 Å². The molecule has 0 spiro atoms. The van der Waals surface area contributed by atoms with Gasteiger partial charge in [0.1, 0.15) is 23.7 Å². The van der Waals surface area contributed by atoms with Crippen LogP contribution in [0.2, 0.25) is 0 Å². The Labute approximate surface area is 127 Å². The molecule has 10 heteroatoms. The van der Waals surface area contributed by atoms with Gasteiger partial charge in [-0.15, -0.1) is 0 Å². The molecule has 10 nitrogen and oxygen atoms in total. The lowest BCUT2D eigenvalue weighted by Crippen LogP contribution is -2.33. The van der Waals surface area contributed by atoms with E-state index in [1.807, 2.05) is 10.9 Å². The summed E-state index contributed by atoms with van der Waals surface area (Å²) in [6.45, 7) is 1.47. The maximum absolute atomic E-state index is 11.5. The first-order valence-corrected chi connectivity index (χ1v) is 6.35. The lowest BCUT2D eigenvalue weighted by atomic mass is 10.2. The van der Waals surface area contributed by atoms with Crippen molar-refractivity contribution in [3.63, 3.8) is 0 Å². The van der Waals surface area contributed by atoms with Gasteiger partial charge in [0, 0.05) is 19.2 Å². The van der Waals surface area contributed by atoms with E-state index in [0.717, 1.165) is 0 Å². The average Bonchev–Trinajstić information content (AvgIpc) is 2.56. The molecule has 22 heavy (non-hydrogen) atoms. The van der Waals surface area contributed by atoms with Crippen LogP contribution in [0.4, 0.5) is 0 Å². The molecule has 0 fully saturated rings. The van der Waals surface area contributed by atoms with Crippen LogP contribution in [0.1, 0.15) is 21.0 Å². The average molecular weight is 313 g/mol. The summed E-state index contributed by atoms with van der Waals surface area (Å²) in [5.41, 5.74) is 3.71. The fourth-order valence-corrected chi connectivity index (χ4v) is 1.43. The minimum absolute atomic E-state index is 0.0705. The van der Waals surface area contributed by atoms with Crippen LogP contribution in [0.5, 0.6) is 5.75 Å². The van der Waals surface area contributed by atoms with E-state index in [0.29, 0.717) is 19.8 Å². The Bertz CT molecular complexity index is 476. The van der Waals surface area contributed by atoms with E-state index in [9.17, 15) is 9.59 Å². The summed E-state index contributed by atoms with van der Waals surface area (Å²) in [6.07, 6.45) is 0. The summed E-state index contributed by atoms with van der Waals surface area (Å²) in [7, 11) is 1.57. The van der Waals surface area contributed by atoms with Gasteiger partial charge in [0.15, 0.2) is 0 Å². The zero-order chi connectivity index (χ0) is 16.4. The highest BCUT2D eigenvalue weighted by Gasteiger charge is 2.14. The van der Waals surface area contributed by atoms with Crippen molar-refractivity contribution in [3.05, 3.63) is 23.5 Å². The summed E-state index contributed by atoms with van der Waals surface area (Å²) in [4.78, 5) is 26.9.